The molecule has 0 aliphatic heterocycles. The van der Waals surface area contributed by atoms with E-state index in [-0.39, 0.29) is 31.1 Å². The van der Waals surface area contributed by atoms with Crippen LogP contribution in [0.2, 0.25) is 0 Å². The van der Waals surface area contributed by atoms with E-state index in [1.807, 2.05) is 0 Å². The maximum atomic E-state index is 12.9. The van der Waals surface area contributed by atoms with Crippen LogP contribution in [0, 0.1) is 0 Å². The standard InChI is InChI=1S/C64H118O6/c1-4-7-10-13-16-19-22-25-27-28-29-30-31-32-33-34-35-36-37-40-42-45-48-51-54-57-63(66)69-60-61(59-68-62(65)56-53-50-47-44-41-38-24-21-18-15-12-9-6-3)70-64(67)58-55-52-49-46-43-39-26-23-20-17-14-11-8-5-2/h12,15,21,24,28-29,61H,4-11,13-14,16-20,22-23,25-27,30-60H2,1-3H3/b15-12-,24-21-,29-28-. The Hall–Kier alpha value is -2.37. The Labute approximate surface area is 435 Å². The van der Waals surface area contributed by atoms with E-state index in [9.17, 15) is 14.4 Å². The van der Waals surface area contributed by atoms with Gasteiger partial charge >= 0.3 is 17.9 Å². The first kappa shape index (κ1) is 67.6. The van der Waals surface area contributed by atoms with Gasteiger partial charge in [-0.25, -0.2) is 0 Å². The minimum absolute atomic E-state index is 0.0726. The van der Waals surface area contributed by atoms with Gasteiger partial charge in [-0.3, -0.25) is 14.4 Å². The molecule has 0 spiro atoms. The van der Waals surface area contributed by atoms with Gasteiger partial charge in [0.15, 0.2) is 6.10 Å². The lowest BCUT2D eigenvalue weighted by Crippen LogP contribution is -2.30. The molecule has 70 heavy (non-hydrogen) atoms. The third kappa shape index (κ3) is 56.5. The normalized spacial score (nSPS) is 12.2. The van der Waals surface area contributed by atoms with Crippen LogP contribution in [0.4, 0.5) is 0 Å². The zero-order chi connectivity index (χ0) is 50.7. The number of ether oxygens (including phenoxy) is 3. The van der Waals surface area contributed by atoms with E-state index < -0.39 is 6.10 Å². The molecule has 6 nitrogen and oxygen atoms in total. The highest BCUT2D eigenvalue weighted by Crippen LogP contribution is 2.17. The molecule has 1 unspecified atom stereocenters. The van der Waals surface area contributed by atoms with Crippen LogP contribution in [0.15, 0.2) is 36.5 Å². The maximum Gasteiger partial charge on any atom is 0.306 e. The molecule has 0 bridgehead atoms. The lowest BCUT2D eigenvalue weighted by molar-refractivity contribution is -0.167. The van der Waals surface area contributed by atoms with Crippen molar-refractivity contribution in [2.45, 2.75) is 341 Å². The minimum Gasteiger partial charge on any atom is -0.462 e. The summed E-state index contributed by atoms with van der Waals surface area (Å²) in [5.74, 6) is -0.868. The molecule has 410 valence electrons. The second-order valence-corrected chi connectivity index (χ2v) is 21.0. The fourth-order valence-electron chi connectivity index (χ4n) is 9.18. The number of hydrogen-bond donors (Lipinski definition) is 0. The van der Waals surface area contributed by atoms with Crippen molar-refractivity contribution in [3.8, 4) is 0 Å². The summed E-state index contributed by atoms with van der Waals surface area (Å²) in [6, 6.07) is 0. The first-order valence-corrected chi connectivity index (χ1v) is 31.0. The summed E-state index contributed by atoms with van der Waals surface area (Å²) < 4.78 is 16.9. The molecule has 0 saturated heterocycles. The number of rotatable bonds is 57. The second-order valence-electron chi connectivity index (χ2n) is 21.0. The Balaban J connectivity index is 4.22. The van der Waals surface area contributed by atoms with Gasteiger partial charge < -0.3 is 14.2 Å². The van der Waals surface area contributed by atoms with Crippen LogP contribution in [-0.4, -0.2) is 37.2 Å². The average molecular weight is 984 g/mol. The van der Waals surface area contributed by atoms with Gasteiger partial charge in [-0.2, -0.15) is 0 Å². The van der Waals surface area contributed by atoms with Crippen LogP contribution in [0.25, 0.3) is 0 Å². The molecule has 0 aliphatic rings. The van der Waals surface area contributed by atoms with Crippen LogP contribution >= 0.6 is 0 Å². The largest absolute Gasteiger partial charge is 0.462 e. The number of hydrogen-bond acceptors (Lipinski definition) is 6. The van der Waals surface area contributed by atoms with Crippen LogP contribution in [-0.2, 0) is 28.6 Å². The van der Waals surface area contributed by atoms with Crippen molar-refractivity contribution in [2.75, 3.05) is 13.2 Å². The van der Waals surface area contributed by atoms with Gasteiger partial charge in [0.25, 0.3) is 0 Å². The summed E-state index contributed by atoms with van der Waals surface area (Å²) >= 11 is 0. The van der Waals surface area contributed by atoms with Gasteiger partial charge in [0.2, 0.25) is 0 Å². The third-order valence-electron chi connectivity index (χ3n) is 13.8. The summed E-state index contributed by atoms with van der Waals surface area (Å²) in [6.45, 7) is 6.61. The van der Waals surface area contributed by atoms with E-state index in [0.29, 0.717) is 19.3 Å². The van der Waals surface area contributed by atoms with Gasteiger partial charge in [-0.15, -0.1) is 0 Å². The Kier molecular flexibility index (Phi) is 57.2. The van der Waals surface area contributed by atoms with Crippen LogP contribution in [0.1, 0.15) is 335 Å². The minimum atomic E-state index is -0.774. The molecule has 6 heteroatoms. The molecular formula is C64H118O6. The van der Waals surface area contributed by atoms with Crippen molar-refractivity contribution in [3.63, 3.8) is 0 Å². The van der Waals surface area contributed by atoms with Crippen molar-refractivity contribution >= 4 is 17.9 Å². The van der Waals surface area contributed by atoms with Gasteiger partial charge in [0.05, 0.1) is 0 Å². The Bertz CT molecular complexity index is 1170. The highest BCUT2D eigenvalue weighted by Gasteiger charge is 2.19. The van der Waals surface area contributed by atoms with Crippen molar-refractivity contribution in [2.24, 2.45) is 0 Å². The van der Waals surface area contributed by atoms with E-state index >= 15 is 0 Å². The van der Waals surface area contributed by atoms with E-state index in [2.05, 4.69) is 57.2 Å². The van der Waals surface area contributed by atoms with E-state index in [4.69, 9.17) is 14.2 Å². The predicted molar refractivity (Wildman–Crippen MR) is 302 cm³/mol. The fourth-order valence-corrected chi connectivity index (χ4v) is 9.18. The van der Waals surface area contributed by atoms with Crippen molar-refractivity contribution in [1.29, 1.82) is 0 Å². The van der Waals surface area contributed by atoms with Crippen LogP contribution in [0.5, 0.6) is 0 Å². The topological polar surface area (TPSA) is 78.9 Å². The zero-order valence-corrected chi connectivity index (χ0v) is 47.1. The second kappa shape index (κ2) is 59.2. The lowest BCUT2D eigenvalue weighted by Gasteiger charge is -2.18. The molecule has 0 amide bonds. The van der Waals surface area contributed by atoms with Gasteiger partial charge in [0.1, 0.15) is 13.2 Å². The van der Waals surface area contributed by atoms with E-state index in [1.165, 1.54) is 212 Å². The highest BCUT2D eigenvalue weighted by atomic mass is 16.6. The molecule has 0 fully saturated rings. The Morgan fingerprint density at radius 1 is 0.286 bits per heavy atom. The molecule has 0 aliphatic carbocycles. The molecule has 0 aromatic carbocycles. The summed E-state index contributed by atoms with van der Waals surface area (Å²) in [5.41, 5.74) is 0. The first-order valence-electron chi connectivity index (χ1n) is 31.0. The van der Waals surface area contributed by atoms with E-state index in [1.54, 1.807) is 0 Å². The van der Waals surface area contributed by atoms with Gasteiger partial charge in [-0.05, 0) is 70.6 Å². The van der Waals surface area contributed by atoms with Crippen molar-refractivity contribution in [1.82, 2.24) is 0 Å². The Morgan fingerprint density at radius 3 is 0.857 bits per heavy atom. The molecule has 1 atom stereocenters. The smallest absolute Gasteiger partial charge is 0.306 e. The molecule has 0 aromatic heterocycles. The summed E-state index contributed by atoms with van der Waals surface area (Å²) in [7, 11) is 0. The van der Waals surface area contributed by atoms with Gasteiger partial charge in [-0.1, -0.05) is 282 Å². The molecule has 0 radical (unpaired) electrons. The molecule has 0 aromatic rings. The number of carbonyl (C=O) groups is 3. The highest BCUT2D eigenvalue weighted by molar-refractivity contribution is 5.71. The zero-order valence-electron chi connectivity index (χ0n) is 47.1. The third-order valence-corrected chi connectivity index (χ3v) is 13.8. The van der Waals surface area contributed by atoms with E-state index in [0.717, 1.165) is 83.5 Å². The van der Waals surface area contributed by atoms with Crippen molar-refractivity contribution < 1.29 is 28.6 Å². The molecule has 0 N–H and O–H groups in total. The van der Waals surface area contributed by atoms with Crippen LogP contribution < -0.4 is 0 Å². The summed E-state index contributed by atoms with van der Waals surface area (Å²) in [6.07, 6.45) is 71.5. The molecule has 0 saturated carbocycles. The number of carbonyl (C=O) groups excluding carboxylic acids is 3. The lowest BCUT2D eigenvalue weighted by atomic mass is 10.0. The maximum absolute atomic E-state index is 12.9. The number of unbranched alkanes of at least 4 members (excludes halogenated alkanes) is 40. The quantitative estimate of drug-likeness (QED) is 0.0261. The van der Waals surface area contributed by atoms with Crippen molar-refractivity contribution in [3.05, 3.63) is 36.5 Å². The average Bonchev–Trinajstić information content (AvgIpc) is 3.36. The van der Waals surface area contributed by atoms with Crippen LogP contribution in [0.3, 0.4) is 0 Å². The Morgan fingerprint density at radius 2 is 0.543 bits per heavy atom. The summed E-state index contributed by atoms with van der Waals surface area (Å²) in [5, 5.41) is 0. The fraction of sp³-hybridized carbons (Fsp3) is 0.859. The molecule has 0 rings (SSSR count). The number of esters is 3. The SMILES string of the molecule is CCC/C=C\C/C=C\CCCCCCCC(=O)OCC(COC(=O)CCCCCCCCCCCCCCC/C=C\CCCCCCCCCC)OC(=O)CCCCCCCCCCCCCCCC. The first-order chi connectivity index (χ1) is 34.5. The summed E-state index contributed by atoms with van der Waals surface area (Å²) in [4.78, 5) is 38.2. The van der Waals surface area contributed by atoms with Gasteiger partial charge in [0, 0.05) is 19.3 Å². The number of allylic oxidation sites excluding steroid dienone is 6. The molecule has 0 heterocycles. The molecular weight excluding hydrogens is 865 g/mol. The predicted octanol–water partition coefficient (Wildman–Crippen LogP) is 20.8. The monoisotopic (exact) mass is 983 g/mol.